The third-order valence-electron chi connectivity index (χ3n) is 4.84. The largest absolute Gasteiger partial charge is 0.497 e. The minimum absolute atomic E-state index is 0.0575. The molecule has 8 nitrogen and oxygen atoms in total. The fourth-order valence-corrected chi connectivity index (χ4v) is 4.29. The van der Waals surface area contributed by atoms with Gasteiger partial charge in [0.25, 0.3) is 0 Å². The van der Waals surface area contributed by atoms with E-state index in [2.05, 4.69) is 15.0 Å². The molecule has 0 unspecified atom stereocenters. The SMILES string of the molecule is COc1ccc(-c2nc(CCNS(=O)(=O)c3ccc4c(c3)CCC(=O)N4)co2)cc1. The van der Waals surface area contributed by atoms with E-state index in [4.69, 9.17) is 9.15 Å². The Morgan fingerprint density at radius 2 is 1.97 bits per heavy atom. The molecule has 1 aliphatic rings. The number of aryl methyl sites for hydroxylation is 1. The van der Waals surface area contributed by atoms with Crippen LogP contribution in [-0.2, 0) is 27.7 Å². The molecule has 0 bridgehead atoms. The molecule has 1 amide bonds. The summed E-state index contributed by atoms with van der Waals surface area (Å²) in [5.74, 6) is 1.15. The summed E-state index contributed by atoms with van der Waals surface area (Å²) in [6.07, 6.45) is 2.79. The Kier molecular flexibility index (Phi) is 5.56. The zero-order chi connectivity index (χ0) is 21.1. The number of anilines is 1. The van der Waals surface area contributed by atoms with Gasteiger partial charge >= 0.3 is 0 Å². The molecule has 0 radical (unpaired) electrons. The van der Waals surface area contributed by atoms with Crippen LogP contribution in [0.25, 0.3) is 11.5 Å². The topological polar surface area (TPSA) is 111 Å². The smallest absolute Gasteiger partial charge is 0.240 e. The zero-order valence-corrected chi connectivity index (χ0v) is 17.2. The van der Waals surface area contributed by atoms with Crippen molar-refractivity contribution in [2.45, 2.75) is 24.2 Å². The van der Waals surface area contributed by atoms with Gasteiger partial charge in [0.15, 0.2) is 0 Å². The van der Waals surface area contributed by atoms with Crippen LogP contribution >= 0.6 is 0 Å². The quantitative estimate of drug-likeness (QED) is 0.600. The predicted octanol–water partition coefficient (Wildman–Crippen LogP) is 2.76. The molecule has 0 saturated heterocycles. The number of aromatic nitrogens is 1. The fraction of sp³-hybridized carbons (Fsp3) is 0.238. The van der Waals surface area contributed by atoms with Crippen LogP contribution in [0.15, 0.2) is 58.0 Å². The van der Waals surface area contributed by atoms with Crippen LogP contribution in [0.5, 0.6) is 5.75 Å². The lowest BCUT2D eigenvalue weighted by atomic mass is 10.0. The highest BCUT2D eigenvalue weighted by Gasteiger charge is 2.20. The number of ether oxygens (including phenoxy) is 1. The summed E-state index contributed by atoms with van der Waals surface area (Å²) in [4.78, 5) is 16.0. The maximum Gasteiger partial charge on any atom is 0.240 e. The van der Waals surface area contributed by atoms with Crippen molar-refractivity contribution < 1.29 is 22.4 Å². The van der Waals surface area contributed by atoms with Gasteiger partial charge < -0.3 is 14.5 Å². The molecular weight excluding hydrogens is 406 g/mol. The molecule has 0 atom stereocenters. The van der Waals surface area contributed by atoms with E-state index in [1.807, 2.05) is 24.3 Å². The third-order valence-corrected chi connectivity index (χ3v) is 6.30. The van der Waals surface area contributed by atoms with Crippen molar-refractivity contribution in [3.05, 3.63) is 60.0 Å². The highest BCUT2D eigenvalue weighted by molar-refractivity contribution is 7.89. The molecule has 1 aromatic heterocycles. The predicted molar refractivity (Wildman–Crippen MR) is 111 cm³/mol. The lowest BCUT2D eigenvalue weighted by Crippen LogP contribution is -2.26. The zero-order valence-electron chi connectivity index (χ0n) is 16.3. The first-order valence-corrected chi connectivity index (χ1v) is 10.9. The Labute approximate surface area is 174 Å². The number of amides is 1. The molecule has 9 heteroatoms. The first-order chi connectivity index (χ1) is 14.4. The first kappa shape index (κ1) is 20.1. The fourth-order valence-electron chi connectivity index (χ4n) is 3.21. The maximum absolute atomic E-state index is 12.6. The second kappa shape index (κ2) is 8.29. The van der Waals surface area contributed by atoms with Crippen LogP contribution in [0, 0.1) is 0 Å². The standard InChI is InChI=1S/C21H21N3O5S/c1-28-17-5-2-14(3-6-17)21-23-16(13-29-21)10-11-22-30(26,27)18-7-8-19-15(12-18)4-9-20(25)24-19/h2-3,5-8,12-13,22H,4,9-11H2,1H3,(H,24,25). The van der Waals surface area contributed by atoms with Gasteiger partial charge in [0.05, 0.1) is 17.7 Å². The molecule has 0 saturated carbocycles. The van der Waals surface area contributed by atoms with Crippen molar-refractivity contribution in [3.63, 3.8) is 0 Å². The van der Waals surface area contributed by atoms with Gasteiger partial charge in [-0.05, 0) is 54.4 Å². The lowest BCUT2D eigenvalue weighted by Gasteiger charge is -2.17. The van der Waals surface area contributed by atoms with Crippen LogP contribution < -0.4 is 14.8 Å². The number of hydrogen-bond donors (Lipinski definition) is 2. The molecule has 0 spiro atoms. The van der Waals surface area contributed by atoms with E-state index in [0.29, 0.717) is 36.5 Å². The highest BCUT2D eigenvalue weighted by Crippen LogP contribution is 2.25. The van der Waals surface area contributed by atoms with Crippen molar-refractivity contribution in [2.75, 3.05) is 19.0 Å². The Morgan fingerprint density at radius 1 is 1.17 bits per heavy atom. The molecule has 4 rings (SSSR count). The van der Waals surface area contributed by atoms with Crippen LogP contribution in [0.4, 0.5) is 5.69 Å². The average molecular weight is 427 g/mol. The van der Waals surface area contributed by atoms with Crippen molar-refractivity contribution in [1.82, 2.24) is 9.71 Å². The number of carbonyl (C=O) groups excluding carboxylic acids is 1. The molecule has 156 valence electrons. The van der Waals surface area contributed by atoms with E-state index in [9.17, 15) is 13.2 Å². The highest BCUT2D eigenvalue weighted by atomic mass is 32.2. The normalized spacial score (nSPS) is 13.6. The Bertz CT molecular complexity index is 1170. The van der Waals surface area contributed by atoms with Gasteiger partial charge in [0.1, 0.15) is 12.0 Å². The minimum Gasteiger partial charge on any atom is -0.497 e. The summed E-state index contributed by atoms with van der Waals surface area (Å²) >= 11 is 0. The number of fused-ring (bicyclic) bond motifs is 1. The minimum atomic E-state index is -3.67. The summed E-state index contributed by atoms with van der Waals surface area (Å²) in [5.41, 5.74) is 2.94. The first-order valence-electron chi connectivity index (χ1n) is 9.46. The van der Waals surface area contributed by atoms with Gasteiger partial charge in [-0.25, -0.2) is 18.1 Å². The van der Waals surface area contributed by atoms with Crippen molar-refractivity contribution >= 4 is 21.6 Å². The second-order valence-corrected chi connectivity index (χ2v) is 8.65. The summed E-state index contributed by atoms with van der Waals surface area (Å²) in [6, 6.07) is 12.0. The van der Waals surface area contributed by atoms with E-state index in [-0.39, 0.29) is 17.3 Å². The number of nitrogens with one attached hydrogen (secondary N) is 2. The van der Waals surface area contributed by atoms with Crippen LogP contribution in [0.2, 0.25) is 0 Å². The van der Waals surface area contributed by atoms with Gasteiger partial charge in [-0.3, -0.25) is 4.79 Å². The number of methoxy groups -OCH3 is 1. The lowest BCUT2D eigenvalue weighted by molar-refractivity contribution is -0.116. The molecule has 2 heterocycles. The Balaban J connectivity index is 1.38. The van der Waals surface area contributed by atoms with Gasteiger partial charge in [-0.1, -0.05) is 0 Å². The van der Waals surface area contributed by atoms with E-state index in [1.165, 1.54) is 12.3 Å². The van der Waals surface area contributed by atoms with Crippen molar-refractivity contribution in [1.29, 1.82) is 0 Å². The van der Waals surface area contributed by atoms with Crippen molar-refractivity contribution in [2.24, 2.45) is 0 Å². The van der Waals surface area contributed by atoms with Gasteiger partial charge in [0.2, 0.25) is 21.8 Å². The van der Waals surface area contributed by atoms with E-state index in [0.717, 1.165) is 16.9 Å². The number of benzene rings is 2. The van der Waals surface area contributed by atoms with Crippen LogP contribution in [0.1, 0.15) is 17.7 Å². The van der Waals surface area contributed by atoms with Crippen LogP contribution in [-0.4, -0.2) is 33.0 Å². The number of oxazole rings is 1. The van der Waals surface area contributed by atoms with Gasteiger partial charge in [0, 0.05) is 30.6 Å². The molecular formula is C21H21N3O5S. The summed E-state index contributed by atoms with van der Waals surface area (Å²) in [5, 5.41) is 2.75. The monoisotopic (exact) mass is 427 g/mol. The Hall–Kier alpha value is -3.17. The number of nitrogens with zero attached hydrogens (tertiary/aromatic N) is 1. The summed E-state index contributed by atoms with van der Waals surface area (Å²) in [6.45, 7) is 0.185. The number of hydrogen-bond acceptors (Lipinski definition) is 6. The molecule has 0 fully saturated rings. The number of rotatable bonds is 7. The summed E-state index contributed by atoms with van der Waals surface area (Å²) < 4.78 is 38.4. The van der Waals surface area contributed by atoms with Crippen LogP contribution in [0.3, 0.4) is 0 Å². The average Bonchev–Trinajstić information content (AvgIpc) is 3.22. The molecule has 1 aliphatic heterocycles. The van der Waals surface area contributed by atoms with E-state index in [1.54, 1.807) is 19.2 Å². The molecule has 30 heavy (non-hydrogen) atoms. The van der Waals surface area contributed by atoms with Gasteiger partial charge in [-0.15, -0.1) is 0 Å². The molecule has 0 aliphatic carbocycles. The van der Waals surface area contributed by atoms with E-state index >= 15 is 0 Å². The van der Waals surface area contributed by atoms with E-state index < -0.39 is 10.0 Å². The number of carbonyl (C=O) groups is 1. The summed E-state index contributed by atoms with van der Waals surface area (Å²) in [7, 11) is -2.07. The molecule has 2 N–H and O–H groups in total. The maximum atomic E-state index is 12.6. The van der Waals surface area contributed by atoms with Gasteiger partial charge in [-0.2, -0.15) is 0 Å². The molecule has 2 aromatic carbocycles. The third kappa shape index (κ3) is 4.37. The van der Waals surface area contributed by atoms with Crippen molar-refractivity contribution in [3.8, 4) is 17.2 Å². The number of sulfonamides is 1. The Morgan fingerprint density at radius 3 is 2.73 bits per heavy atom. The second-order valence-electron chi connectivity index (χ2n) is 6.89. The molecule has 3 aromatic rings.